The van der Waals surface area contributed by atoms with Crippen LogP contribution in [0.2, 0.25) is 0 Å². The van der Waals surface area contributed by atoms with E-state index >= 15 is 0 Å². The van der Waals surface area contributed by atoms with Gasteiger partial charge >= 0.3 is 0 Å². The lowest BCUT2D eigenvalue weighted by Gasteiger charge is -2.10. The molecule has 27 heavy (non-hydrogen) atoms. The number of carbonyl (C=O) groups is 1. The van der Waals surface area contributed by atoms with E-state index in [-0.39, 0.29) is 16.4 Å². The van der Waals surface area contributed by atoms with E-state index in [2.05, 4.69) is 10.0 Å². The fraction of sp³-hybridized carbons (Fsp3) is 0.316. The highest BCUT2D eigenvalue weighted by molar-refractivity contribution is 7.92. The SMILES string of the molecule is CCOc1ccc(NS(=O)(=O)c2cccc(C(=O)NCCCCN)c2)cc1. The summed E-state index contributed by atoms with van der Waals surface area (Å²) in [4.78, 5) is 12.2. The summed E-state index contributed by atoms with van der Waals surface area (Å²) in [7, 11) is -3.81. The van der Waals surface area contributed by atoms with E-state index in [1.807, 2.05) is 6.92 Å². The highest BCUT2D eigenvalue weighted by Crippen LogP contribution is 2.20. The molecule has 0 radical (unpaired) electrons. The molecule has 0 saturated heterocycles. The molecular formula is C19H25N3O4S. The van der Waals surface area contributed by atoms with Crippen molar-refractivity contribution in [1.82, 2.24) is 5.32 Å². The number of hydrogen-bond acceptors (Lipinski definition) is 5. The van der Waals surface area contributed by atoms with Crippen LogP contribution in [0, 0.1) is 0 Å². The molecule has 8 heteroatoms. The molecule has 0 atom stereocenters. The van der Waals surface area contributed by atoms with Crippen molar-refractivity contribution in [3.8, 4) is 5.75 Å². The number of ether oxygens (including phenoxy) is 1. The lowest BCUT2D eigenvalue weighted by Crippen LogP contribution is -2.25. The predicted molar refractivity (Wildman–Crippen MR) is 105 cm³/mol. The van der Waals surface area contributed by atoms with E-state index in [9.17, 15) is 13.2 Å². The van der Waals surface area contributed by atoms with E-state index in [1.54, 1.807) is 36.4 Å². The number of anilines is 1. The van der Waals surface area contributed by atoms with Crippen molar-refractivity contribution in [2.45, 2.75) is 24.7 Å². The van der Waals surface area contributed by atoms with Gasteiger partial charge in [-0.2, -0.15) is 0 Å². The quantitative estimate of drug-likeness (QED) is 0.539. The van der Waals surface area contributed by atoms with Crippen molar-refractivity contribution in [2.24, 2.45) is 5.73 Å². The number of sulfonamides is 1. The monoisotopic (exact) mass is 391 g/mol. The molecule has 0 aliphatic carbocycles. The Labute approximate surface area is 160 Å². The van der Waals surface area contributed by atoms with Crippen LogP contribution in [0.15, 0.2) is 53.4 Å². The van der Waals surface area contributed by atoms with Crippen molar-refractivity contribution in [1.29, 1.82) is 0 Å². The third-order valence-corrected chi connectivity index (χ3v) is 5.12. The molecule has 2 rings (SSSR count). The van der Waals surface area contributed by atoms with Crippen molar-refractivity contribution >= 4 is 21.6 Å². The van der Waals surface area contributed by atoms with Gasteiger partial charge in [0.2, 0.25) is 0 Å². The van der Waals surface area contributed by atoms with Crippen LogP contribution < -0.4 is 20.5 Å². The molecule has 0 aliphatic rings. The molecule has 0 unspecified atom stereocenters. The minimum Gasteiger partial charge on any atom is -0.494 e. The molecule has 2 aromatic rings. The molecule has 0 bridgehead atoms. The number of nitrogens with one attached hydrogen (secondary N) is 2. The van der Waals surface area contributed by atoms with Gasteiger partial charge in [-0.3, -0.25) is 9.52 Å². The lowest BCUT2D eigenvalue weighted by atomic mass is 10.2. The molecule has 0 fully saturated rings. The highest BCUT2D eigenvalue weighted by Gasteiger charge is 2.16. The van der Waals surface area contributed by atoms with Gasteiger partial charge in [0.1, 0.15) is 5.75 Å². The maximum Gasteiger partial charge on any atom is 0.261 e. The summed E-state index contributed by atoms with van der Waals surface area (Å²) in [6, 6.07) is 12.5. The van der Waals surface area contributed by atoms with Crippen LogP contribution in [0.1, 0.15) is 30.1 Å². The second-order valence-corrected chi connectivity index (χ2v) is 7.52. The van der Waals surface area contributed by atoms with Gasteiger partial charge < -0.3 is 15.8 Å². The van der Waals surface area contributed by atoms with Crippen LogP contribution in [0.5, 0.6) is 5.75 Å². The Hall–Kier alpha value is -2.58. The number of unbranched alkanes of at least 4 members (excludes halogenated alkanes) is 1. The molecule has 0 heterocycles. The third-order valence-electron chi connectivity index (χ3n) is 3.74. The van der Waals surface area contributed by atoms with E-state index in [1.165, 1.54) is 12.1 Å². The van der Waals surface area contributed by atoms with Gasteiger partial charge in [0, 0.05) is 17.8 Å². The first kappa shape index (κ1) is 20.7. The molecule has 4 N–H and O–H groups in total. The summed E-state index contributed by atoms with van der Waals surface area (Å²) in [6.45, 7) is 3.47. The summed E-state index contributed by atoms with van der Waals surface area (Å²) in [5.41, 5.74) is 6.12. The number of hydrogen-bond donors (Lipinski definition) is 3. The highest BCUT2D eigenvalue weighted by atomic mass is 32.2. The van der Waals surface area contributed by atoms with Crippen LogP contribution in [0.25, 0.3) is 0 Å². The molecule has 0 spiro atoms. The Kier molecular flexibility index (Phi) is 7.63. The number of amides is 1. The zero-order valence-corrected chi connectivity index (χ0v) is 16.1. The summed E-state index contributed by atoms with van der Waals surface area (Å²) >= 11 is 0. The Bertz CT molecular complexity index is 852. The Morgan fingerprint density at radius 3 is 2.52 bits per heavy atom. The van der Waals surface area contributed by atoms with Gasteiger partial charge in [0.25, 0.3) is 15.9 Å². The number of nitrogens with two attached hydrogens (primary N) is 1. The molecule has 1 amide bonds. The normalized spacial score (nSPS) is 11.0. The molecule has 146 valence electrons. The number of carbonyl (C=O) groups excluding carboxylic acids is 1. The third kappa shape index (κ3) is 6.26. The van der Waals surface area contributed by atoms with Crippen LogP contribution in [0.3, 0.4) is 0 Å². The lowest BCUT2D eigenvalue weighted by molar-refractivity contribution is 0.0953. The van der Waals surface area contributed by atoms with Gasteiger partial charge in [-0.25, -0.2) is 8.42 Å². The average molecular weight is 391 g/mol. The standard InChI is InChI=1S/C19H25N3O4S/c1-2-26-17-10-8-16(9-11-17)22-27(24,25)18-7-5-6-15(14-18)19(23)21-13-4-3-12-20/h5-11,14,22H,2-4,12-13,20H2,1H3,(H,21,23). The van der Waals surface area contributed by atoms with E-state index in [0.717, 1.165) is 12.8 Å². The molecule has 7 nitrogen and oxygen atoms in total. The van der Waals surface area contributed by atoms with Crippen molar-refractivity contribution in [2.75, 3.05) is 24.4 Å². The smallest absolute Gasteiger partial charge is 0.261 e. The minimum absolute atomic E-state index is 0.0194. The van der Waals surface area contributed by atoms with Gasteiger partial charge in [-0.15, -0.1) is 0 Å². The second kappa shape index (κ2) is 9.94. The Morgan fingerprint density at radius 2 is 1.85 bits per heavy atom. The van der Waals surface area contributed by atoms with Gasteiger partial charge in [-0.05, 0) is 68.8 Å². The van der Waals surface area contributed by atoms with Crippen molar-refractivity contribution in [3.05, 3.63) is 54.1 Å². The van der Waals surface area contributed by atoms with E-state index in [4.69, 9.17) is 10.5 Å². The van der Waals surface area contributed by atoms with Crippen molar-refractivity contribution in [3.63, 3.8) is 0 Å². The first-order valence-corrected chi connectivity index (χ1v) is 10.3. The van der Waals surface area contributed by atoms with Gasteiger partial charge in [-0.1, -0.05) is 6.07 Å². The van der Waals surface area contributed by atoms with Gasteiger partial charge in [0.05, 0.1) is 11.5 Å². The van der Waals surface area contributed by atoms with E-state index in [0.29, 0.717) is 31.1 Å². The fourth-order valence-corrected chi connectivity index (χ4v) is 3.48. The summed E-state index contributed by atoms with van der Waals surface area (Å²) < 4.78 is 33.0. The van der Waals surface area contributed by atoms with Gasteiger partial charge in [0.15, 0.2) is 0 Å². The Morgan fingerprint density at radius 1 is 1.11 bits per heavy atom. The summed E-state index contributed by atoms with van der Waals surface area (Å²) in [5.74, 6) is 0.346. The molecule has 0 saturated carbocycles. The molecule has 2 aromatic carbocycles. The minimum atomic E-state index is -3.81. The van der Waals surface area contributed by atoms with Crippen LogP contribution in [-0.2, 0) is 10.0 Å². The summed E-state index contributed by atoms with van der Waals surface area (Å²) in [6.07, 6.45) is 1.60. The van der Waals surface area contributed by atoms with Crippen LogP contribution >= 0.6 is 0 Å². The summed E-state index contributed by atoms with van der Waals surface area (Å²) in [5, 5.41) is 2.76. The average Bonchev–Trinajstić information content (AvgIpc) is 2.67. The largest absolute Gasteiger partial charge is 0.494 e. The number of benzene rings is 2. The van der Waals surface area contributed by atoms with Crippen LogP contribution in [-0.4, -0.2) is 34.0 Å². The molecule has 0 aliphatic heterocycles. The maximum atomic E-state index is 12.6. The zero-order valence-electron chi connectivity index (χ0n) is 15.3. The predicted octanol–water partition coefficient (Wildman–Crippen LogP) is 2.35. The number of rotatable bonds is 10. The zero-order chi connectivity index (χ0) is 19.7. The second-order valence-electron chi connectivity index (χ2n) is 5.84. The van der Waals surface area contributed by atoms with E-state index < -0.39 is 10.0 Å². The first-order valence-electron chi connectivity index (χ1n) is 8.80. The molecular weight excluding hydrogens is 366 g/mol. The first-order chi connectivity index (χ1) is 13.0. The Balaban J connectivity index is 2.08. The van der Waals surface area contributed by atoms with Crippen LogP contribution in [0.4, 0.5) is 5.69 Å². The maximum absolute atomic E-state index is 12.6. The molecule has 0 aromatic heterocycles. The van der Waals surface area contributed by atoms with Crippen molar-refractivity contribution < 1.29 is 17.9 Å². The fourth-order valence-electron chi connectivity index (χ4n) is 2.38. The topological polar surface area (TPSA) is 111 Å².